The average Bonchev–Trinajstić information content (AvgIpc) is 2.60. The van der Waals surface area contributed by atoms with Crippen LogP contribution >= 0.6 is 58.0 Å². The molecule has 8 heteroatoms. The van der Waals surface area contributed by atoms with Crippen LogP contribution in [0.25, 0.3) is 6.08 Å². The van der Waals surface area contributed by atoms with Gasteiger partial charge in [0.25, 0.3) is 0 Å². The Morgan fingerprint density at radius 1 is 1.00 bits per heavy atom. The molecule has 0 fully saturated rings. The highest BCUT2D eigenvalue weighted by Crippen LogP contribution is 2.42. The maximum absolute atomic E-state index is 12.7. The predicted molar refractivity (Wildman–Crippen MR) is 111 cm³/mol. The number of hydrogen-bond acceptors (Lipinski definition) is 3. The molecule has 0 aliphatic rings. The van der Waals surface area contributed by atoms with Crippen molar-refractivity contribution in [1.82, 2.24) is 0 Å². The van der Waals surface area contributed by atoms with Gasteiger partial charge < -0.3 is 4.74 Å². The number of carbonyl (C=O) groups excluding carboxylic acids is 2. The van der Waals surface area contributed by atoms with Crippen LogP contribution in [-0.2, 0) is 14.3 Å². The summed E-state index contributed by atoms with van der Waals surface area (Å²) in [5.41, 5.74) is 0.598. The highest BCUT2D eigenvalue weighted by molar-refractivity contribution is 6.68. The first-order valence-electron chi connectivity index (χ1n) is 7.60. The van der Waals surface area contributed by atoms with Gasteiger partial charge in [-0.1, -0.05) is 100 Å². The van der Waals surface area contributed by atoms with Crippen molar-refractivity contribution in [2.45, 2.75) is 16.8 Å². The summed E-state index contributed by atoms with van der Waals surface area (Å²) in [7, 11) is 0. The van der Waals surface area contributed by atoms with Crippen molar-refractivity contribution in [2.24, 2.45) is 0 Å². The van der Waals surface area contributed by atoms with Crippen LogP contribution in [-0.4, -0.2) is 15.5 Å². The molecule has 0 aliphatic carbocycles. The zero-order valence-electron chi connectivity index (χ0n) is 13.9. The Hall–Kier alpha value is -1.23. The average molecular weight is 467 g/mol. The number of hydrogen-bond donors (Lipinski definition) is 0. The monoisotopic (exact) mass is 464 g/mol. The van der Waals surface area contributed by atoms with Gasteiger partial charge in [-0.25, -0.2) is 4.79 Å². The number of alkyl halides is 3. The van der Waals surface area contributed by atoms with Crippen molar-refractivity contribution in [3.8, 4) is 0 Å². The Labute approximate surface area is 181 Å². The highest BCUT2D eigenvalue weighted by Gasteiger charge is 2.38. The quantitative estimate of drug-likeness (QED) is 0.164. The fraction of sp³-hybridized carbons (Fsp3) is 0.158. The molecule has 0 spiro atoms. The Balaban J connectivity index is 2.40. The number of esters is 1. The Morgan fingerprint density at radius 2 is 1.63 bits per heavy atom. The van der Waals surface area contributed by atoms with E-state index in [1.165, 1.54) is 13.0 Å². The lowest BCUT2D eigenvalue weighted by molar-refractivity contribution is -0.145. The maximum atomic E-state index is 12.7. The van der Waals surface area contributed by atoms with Crippen molar-refractivity contribution >= 4 is 75.8 Å². The van der Waals surface area contributed by atoms with E-state index in [1.54, 1.807) is 48.5 Å². The minimum absolute atomic E-state index is 0.201. The molecule has 2 aromatic rings. The van der Waals surface area contributed by atoms with Gasteiger partial charge in [-0.05, 0) is 30.2 Å². The Kier molecular flexibility index (Phi) is 7.61. The molecule has 0 saturated carbocycles. The second kappa shape index (κ2) is 9.31. The SMILES string of the molecule is CC(=O)C(=Cc1cccc(Cl)c1Cl)C(=O)O[C@@H](c1ccccc1)C(Cl)(Cl)Cl. The summed E-state index contributed by atoms with van der Waals surface area (Å²) in [6.07, 6.45) is 0.0769. The van der Waals surface area contributed by atoms with E-state index in [1.807, 2.05) is 0 Å². The van der Waals surface area contributed by atoms with Crippen LogP contribution in [0.1, 0.15) is 24.2 Å². The molecule has 0 aliphatic heterocycles. The van der Waals surface area contributed by atoms with Gasteiger partial charge in [0.1, 0.15) is 5.57 Å². The molecule has 0 unspecified atom stereocenters. The predicted octanol–water partition coefficient (Wildman–Crippen LogP) is 6.62. The number of carbonyl (C=O) groups is 2. The third-order valence-electron chi connectivity index (χ3n) is 3.51. The summed E-state index contributed by atoms with van der Waals surface area (Å²) in [5, 5.41) is 0.483. The first-order valence-corrected chi connectivity index (χ1v) is 9.49. The first-order chi connectivity index (χ1) is 12.6. The third-order valence-corrected chi connectivity index (χ3v) is 4.93. The molecule has 3 nitrogen and oxygen atoms in total. The number of rotatable bonds is 5. The molecule has 0 radical (unpaired) electrons. The second-order valence-corrected chi connectivity index (χ2v) is 8.65. The van der Waals surface area contributed by atoms with Crippen molar-refractivity contribution in [1.29, 1.82) is 0 Å². The molecule has 142 valence electrons. The number of ketones is 1. The van der Waals surface area contributed by atoms with Gasteiger partial charge in [-0.2, -0.15) is 0 Å². The smallest absolute Gasteiger partial charge is 0.342 e. The molecule has 1 atom stereocenters. The largest absolute Gasteiger partial charge is 0.449 e. The number of ether oxygens (including phenoxy) is 1. The van der Waals surface area contributed by atoms with Gasteiger partial charge in [0.2, 0.25) is 3.79 Å². The van der Waals surface area contributed by atoms with Crippen molar-refractivity contribution in [3.05, 3.63) is 75.3 Å². The Morgan fingerprint density at radius 3 is 2.19 bits per heavy atom. The summed E-state index contributed by atoms with van der Waals surface area (Å²) in [5.74, 6) is -1.48. The van der Waals surface area contributed by atoms with E-state index in [2.05, 4.69) is 0 Å². The van der Waals surface area contributed by atoms with Gasteiger partial charge >= 0.3 is 5.97 Å². The van der Waals surface area contributed by atoms with Crippen LogP contribution in [0.5, 0.6) is 0 Å². The molecule has 0 heterocycles. The molecule has 0 bridgehead atoms. The van der Waals surface area contributed by atoms with Gasteiger partial charge in [-0.3, -0.25) is 4.79 Å². The lowest BCUT2D eigenvalue weighted by atomic mass is 10.1. The molecule has 2 aromatic carbocycles. The maximum Gasteiger partial charge on any atom is 0.342 e. The number of halogens is 5. The fourth-order valence-electron chi connectivity index (χ4n) is 2.21. The molecule has 0 aromatic heterocycles. The van der Waals surface area contributed by atoms with E-state index in [0.717, 1.165) is 0 Å². The molecule has 0 amide bonds. The van der Waals surface area contributed by atoms with Crippen molar-refractivity contribution in [3.63, 3.8) is 0 Å². The summed E-state index contributed by atoms with van der Waals surface area (Å²) < 4.78 is 3.43. The topological polar surface area (TPSA) is 43.4 Å². The zero-order chi connectivity index (χ0) is 20.2. The Bertz CT molecular complexity index is 873. The van der Waals surface area contributed by atoms with Crippen molar-refractivity contribution in [2.75, 3.05) is 0 Å². The normalized spacial score (nSPS) is 13.2. The van der Waals surface area contributed by atoms with Gasteiger partial charge in [0.15, 0.2) is 11.9 Å². The fourth-order valence-corrected chi connectivity index (χ4v) is 3.09. The van der Waals surface area contributed by atoms with Crippen molar-refractivity contribution < 1.29 is 14.3 Å². The summed E-state index contributed by atoms with van der Waals surface area (Å²) in [6.45, 7) is 1.22. The van der Waals surface area contributed by atoms with Gasteiger partial charge in [0.05, 0.1) is 10.0 Å². The van der Waals surface area contributed by atoms with Crippen LogP contribution in [0, 0.1) is 0 Å². The van der Waals surface area contributed by atoms with E-state index in [-0.39, 0.29) is 15.6 Å². The van der Waals surface area contributed by atoms with Crippen LogP contribution in [0.4, 0.5) is 0 Å². The zero-order valence-corrected chi connectivity index (χ0v) is 17.7. The molecule has 0 saturated heterocycles. The molecule has 2 rings (SSSR count). The van der Waals surface area contributed by atoms with Crippen LogP contribution in [0.15, 0.2) is 54.1 Å². The summed E-state index contributed by atoms with van der Waals surface area (Å²) >= 11 is 30.0. The highest BCUT2D eigenvalue weighted by atomic mass is 35.6. The van der Waals surface area contributed by atoms with E-state index in [9.17, 15) is 9.59 Å². The van der Waals surface area contributed by atoms with Crippen LogP contribution in [0.3, 0.4) is 0 Å². The minimum Gasteiger partial charge on any atom is -0.449 e. The van der Waals surface area contributed by atoms with Gasteiger partial charge in [0, 0.05) is 0 Å². The second-order valence-electron chi connectivity index (χ2n) is 5.49. The molecular formula is C19H13Cl5O3. The molecular weight excluding hydrogens is 453 g/mol. The molecule has 27 heavy (non-hydrogen) atoms. The minimum atomic E-state index is -1.94. The number of benzene rings is 2. The van der Waals surface area contributed by atoms with Gasteiger partial charge in [-0.15, -0.1) is 0 Å². The summed E-state index contributed by atoms with van der Waals surface area (Å²) in [4.78, 5) is 24.7. The van der Waals surface area contributed by atoms with E-state index < -0.39 is 21.6 Å². The number of Topliss-reactive ketones (excluding diaryl/α,β-unsaturated/α-hetero) is 1. The van der Waals surface area contributed by atoms with E-state index >= 15 is 0 Å². The summed E-state index contributed by atoms with van der Waals surface area (Å²) in [6, 6.07) is 13.3. The third kappa shape index (κ3) is 5.87. The van der Waals surface area contributed by atoms with E-state index in [4.69, 9.17) is 62.7 Å². The van der Waals surface area contributed by atoms with Crippen LogP contribution < -0.4 is 0 Å². The lowest BCUT2D eigenvalue weighted by Gasteiger charge is -2.25. The lowest BCUT2D eigenvalue weighted by Crippen LogP contribution is -2.25. The molecule has 0 N–H and O–H groups in total. The first kappa shape index (κ1) is 22.1. The standard InChI is InChI=1S/C19H13Cl5O3/c1-11(25)14(10-13-8-5-9-15(20)16(13)21)18(26)27-17(19(22,23)24)12-6-3-2-4-7-12/h2-10,17H,1H3/t17-/m0/s1. The van der Waals surface area contributed by atoms with E-state index in [0.29, 0.717) is 11.1 Å². The van der Waals surface area contributed by atoms with Crippen LogP contribution in [0.2, 0.25) is 10.0 Å².